The van der Waals surface area contributed by atoms with Gasteiger partial charge in [0, 0.05) is 13.5 Å². The molecule has 1 aromatic heterocycles. The van der Waals surface area contributed by atoms with Crippen molar-refractivity contribution in [3.63, 3.8) is 0 Å². The fourth-order valence-corrected chi connectivity index (χ4v) is 1.08. The van der Waals surface area contributed by atoms with Gasteiger partial charge in [0.25, 0.3) is 0 Å². The smallest absolute Gasteiger partial charge is 0.106 e. The molecule has 0 aliphatic carbocycles. The maximum Gasteiger partial charge on any atom is 0.106 e. The van der Waals surface area contributed by atoms with Gasteiger partial charge in [-0.15, -0.1) is 0 Å². The summed E-state index contributed by atoms with van der Waals surface area (Å²) in [6.07, 6.45) is 1.56. The van der Waals surface area contributed by atoms with E-state index in [4.69, 9.17) is 13.9 Å². The standard InChI is InChI=1S/C10H16O4/c1-12-5-6-13-8-9(11)7-10-3-2-4-14-10/h2-4,9,11H,5-8H2,1H3. The molecular weight excluding hydrogens is 184 g/mol. The minimum Gasteiger partial charge on any atom is -0.469 e. The van der Waals surface area contributed by atoms with E-state index in [0.717, 1.165) is 5.76 Å². The Morgan fingerprint density at radius 1 is 1.50 bits per heavy atom. The minimum atomic E-state index is -0.516. The Labute approximate surface area is 83.4 Å². The highest BCUT2D eigenvalue weighted by molar-refractivity contribution is 4.99. The van der Waals surface area contributed by atoms with E-state index in [1.807, 2.05) is 6.07 Å². The number of aliphatic hydroxyl groups is 1. The number of rotatable bonds is 7. The van der Waals surface area contributed by atoms with Gasteiger partial charge in [-0.3, -0.25) is 0 Å². The van der Waals surface area contributed by atoms with E-state index in [9.17, 15) is 5.11 Å². The predicted molar refractivity (Wildman–Crippen MR) is 51.1 cm³/mol. The maximum absolute atomic E-state index is 9.49. The fourth-order valence-electron chi connectivity index (χ4n) is 1.08. The molecule has 1 atom stereocenters. The van der Waals surface area contributed by atoms with Gasteiger partial charge < -0.3 is 19.0 Å². The summed E-state index contributed by atoms with van der Waals surface area (Å²) in [6, 6.07) is 3.63. The minimum absolute atomic E-state index is 0.310. The predicted octanol–water partition coefficient (Wildman–Crippen LogP) is 0.846. The zero-order valence-corrected chi connectivity index (χ0v) is 8.31. The Kier molecular flexibility index (Phi) is 5.29. The lowest BCUT2D eigenvalue weighted by molar-refractivity contribution is 0.0120. The monoisotopic (exact) mass is 200 g/mol. The van der Waals surface area contributed by atoms with Crippen LogP contribution >= 0.6 is 0 Å². The molecule has 1 N–H and O–H groups in total. The summed E-state index contributed by atoms with van der Waals surface area (Å²) in [5.41, 5.74) is 0. The van der Waals surface area contributed by atoms with E-state index >= 15 is 0 Å². The second-order valence-electron chi connectivity index (χ2n) is 3.01. The van der Waals surface area contributed by atoms with E-state index in [1.165, 1.54) is 0 Å². The number of aliphatic hydroxyl groups excluding tert-OH is 1. The number of hydrogen-bond acceptors (Lipinski definition) is 4. The van der Waals surface area contributed by atoms with Gasteiger partial charge in [0.2, 0.25) is 0 Å². The molecule has 1 heterocycles. The van der Waals surface area contributed by atoms with E-state index in [2.05, 4.69) is 0 Å². The van der Waals surface area contributed by atoms with Crippen molar-refractivity contribution in [2.45, 2.75) is 12.5 Å². The quantitative estimate of drug-likeness (QED) is 0.663. The maximum atomic E-state index is 9.49. The van der Waals surface area contributed by atoms with E-state index < -0.39 is 6.10 Å². The first kappa shape index (κ1) is 11.2. The molecule has 0 fully saturated rings. The summed E-state index contributed by atoms with van der Waals surface area (Å²) in [5.74, 6) is 0.771. The molecule has 1 unspecified atom stereocenters. The van der Waals surface area contributed by atoms with Crippen LogP contribution in [0.5, 0.6) is 0 Å². The Balaban J connectivity index is 2.07. The largest absolute Gasteiger partial charge is 0.469 e. The van der Waals surface area contributed by atoms with Crippen LogP contribution in [0.1, 0.15) is 5.76 Å². The summed E-state index contributed by atoms with van der Waals surface area (Å²) in [6.45, 7) is 1.36. The Hall–Kier alpha value is -0.840. The third kappa shape index (κ3) is 4.41. The lowest BCUT2D eigenvalue weighted by Gasteiger charge is -2.09. The molecule has 0 saturated carbocycles. The molecule has 0 amide bonds. The van der Waals surface area contributed by atoms with Gasteiger partial charge >= 0.3 is 0 Å². The summed E-state index contributed by atoms with van der Waals surface area (Å²) in [4.78, 5) is 0. The van der Waals surface area contributed by atoms with Gasteiger partial charge in [0.05, 0.1) is 32.2 Å². The third-order valence-corrected chi connectivity index (χ3v) is 1.76. The first-order chi connectivity index (χ1) is 6.83. The lowest BCUT2D eigenvalue weighted by atomic mass is 10.2. The van der Waals surface area contributed by atoms with Crippen LogP contribution in [0.2, 0.25) is 0 Å². The van der Waals surface area contributed by atoms with Crippen LogP contribution in [0.25, 0.3) is 0 Å². The second kappa shape index (κ2) is 6.59. The highest BCUT2D eigenvalue weighted by Crippen LogP contribution is 2.04. The van der Waals surface area contributed by atoms with Gasteiger partial charge in [-0.2, -0.15) is 0 Å². The zero-order chi connectivity index (χ0) is 10.2. The molecule has 1 rings (SSSR count). The van der Waals surface area contributed by atoms with Crippen LogP contribution in [0.15, 0.2) is 22.8 Å². The normalized spacial score (nSPS) is 13.0. The molecule has 4 heteroatoms. The fraction of sp³-hybridized carbons (Fsp3) is 0.600. The highest BCUT2D eigenvalue weighted by atomic mass is 16.5. The molecule has 4 nitrogen and oxygen atoms in total. The van der Waals surface area contributed by atoms with Gasteiger partial charge in [-0.25, -0.2) is 0 Å². The molecule has 0 bridgehead atoms. The number of methoxy groups -OCH3 is 1. The summed E-state index contributed by atoms with van der Waals surface area (Å²) < 4.78 is 15.1. The summed E-state index contributed by atoms with van der Waals surface area (Å²) in [7, 11) is 1.61. The van der Waals surface area contributed by atoms with E-state index in [-0.39, 0.29) is 0 Å². The lowest BCUT2D eigenvalue weighted by Crippen LogP contribution is -2.19. The van der Waals surface area contributed by atoms with Crippen LogP contribution in [0.3, 0.4) is 0 Å². The van der Waals surface area contributed by atoms with Gasteiger partial charge in [-0.05, 0) is 12.1 Å². The van der Waals surface area contributed by atoms with Gasteiger partial charge in [0.1, 0.15) is 5.76 Å². The van der Waals surface area contributed by atoms with E-state index in [0.29, 0.717) is 26.2 Å². The van der Waals surface area contributed by atoms with Crippen LogP contribution in [0, 0.1) is 0 Å². The van der Waals surface area contributed by atoms with Crippen LogP contribution in [-0.4, -0.2) is 38.1 Å². The average Bonchev–Trinajstić information content (AvgIpc) is 2.65. The van der Waals surface area contributed by atoms with Crippen molar-refractivity contribution in [2.24, 2.45) is 0 Å². The Bertz CT molecular complexity index is 220. The van der Waals surface area contributed by atoms with Crippen molar-refractivity contribution >= 4 is 0 Å². The van der Waals surface area contributed by atoms with Crippen LogP contribution < -0.4 is 0 Å². The van der Waals surface area contributed by atoms with Crippen molar-refractivity contribution in [2.75, 3.05) is 26.9 Å². The van der Waals surface area contributed by atoms with Gasteiger partial charge in [0.15, 0.2) is 0 Å². The summed E-state index contributed by atoms with van der Waals surface area (Å²) in [5, 5.41) is 9.49. The molecular formula is C10H16O4. The summed E-state index contributed by atoms with van der Waals surface area (Å²) >= 11 is 0. The van der Waals surface area contributed by atoms with Crippen molar-refractivity contribution in [1.29, 1.82) is 0 Å². The molecule has 0 aliphatic heterocycles. The van der Waals surface area contributed by atoms with E-state index in [1.54, 1.807) is 19.4 Å². The zero-order valence-electron chi connectivity index (χ0n) is 8.31. The molecule has 0 radical (unpaired) electrons. The van der Waals surface area contributed by atoms with Crippen LogP contribution in [-0.2, 0) is 15.9 Å². The molecule has 80 valence electrons. The topological polar surface area (TPSA) is 51.8 Å². The number of hydrogen-bond donors (Lipinski definition) is 1. The van der Waals surface area contributed by atoms with Crippen molar-refractivity contribution in [3.8, 4) is 0 Å². The van der Waals surface area contributed by atoms with Crippen molar-refractivity contribution < 1.29 is 19.0 Å². The molecule has 1 aromatic rings. The SMILES string of the molecule is COCCOCC(O)Cc1ccco1. The molecule has 0 aromatic carbocycles. The molecule has 14 heavy (non-hydrogen) atoms. The number of ether oxygens (including phenoxy) is 2. The van der Waals surface area contributed by atoms with Crippen LogP contribution in [0.4, 0.5) is 0 Å². The number of furan rings is 1. The second-order valence-corrected chi connectivity index (χ2v) is 3.01. The average molecular weight is 200 g/mol. The Morgan fingerprint density at radius 2 is 2.36 bits per heavy atom. The van der Waals surface area contributed by atoms with Crippen molar-refractivity contribution in [3.05, 3.63) is 24.2 Å². The van der Waals surface area contributed by atoms with Crippen molar-refractivity contribution in [1.82, 2.24) is 0 Å². The molecule has 0 aliphatic rings. The first-order valence-electron chi connectivity index (χ1n) is 4.60. The third-order valence-electron chi connectivity index (χ3n) is 1.76. The molecule has 0 spiro atoms. The first-order valence-corrected chi connectivity index (χ1v) is 4.60. The highest BCUT2D eigenvalue weighted by Gasteiger charge is 2.07. The Morgan fingerprint density at radius 3 is 3.00 bits per heavy atom. The van der Waals surface area contributed by atoms with Gasteiger partial charge in [-0.1, -0.05) is 0 Å². The molecule has 0 saturated heterocycles.